The van der Waals surface area contributed by atoms with E-state index in [0.29, 0.717) is 11.3 Å². The molecule has 0 radical (unpaired) electrons. The first-order valence-electron chi connectivity index (χ1n) is 5.86. The predicted molar refractivity (Wildman–Crippen MR) is 79.5 cm³/mol. The number of rotatable bonds is 1. The second-order valence-corrected chi connectivity index (χ2v) is 8.10. The molecule has 2 aromatic carbocycles. The van der Waals surface area contributed by atoms with Crippen LogP contribution >= 0.6 is 6.42 Å². The lowest BCUT2D eigenvalue weighted by atomic mass is 10.2. The van der Waals surface area contributed by atoms with E-state index in [9.17, 15) is 4.79 Å². The number of para-hydroxylation sites is 1. The molecule has 1 unspecified atom stereocenters. The Morgan fingerprint density at radius 1 is 1.05 bits per heavy atom. The number of hydrogen-bond acceptors (Lipinski definition) is 3. The van der Waals surface area contributed by atoms with Crippen molar-refractivity contribution in [2.24, 2.45) is 0 Å². The summed E-state index contributed by atoms with van der Waals surface area (Å²) in [5.41, 5.74) is 0.571. The number of carbonyl (C=O) groups is 1. The molecule has 1 heterocycles. The van der Waals surface area contributed by atoms with E-state index in [1.54, 1.807) is 23.9 Å². The molecule has 2 aromatic rings. The van der Waals surface area contributed by atoms with Crippen LogP contribution in [0.2, 0.25) is 0 Å². The number of nitrogens with zero attached hydrogens (tertiary/aromatic N) is 1. The SMILES string of the molecule is CN1C(=O)c2ccccc2OP1(=S)c1ccccc1. The quantitative estimate of drug-likeness (QED) is 0.756. The third-order valence-corrected chi connectivity index (χ3v) is 7.07. The second kappa shape index (κ2) is 4.48. The topological polar surface area (TPSA) is 29.5 Å². The Morgan fingerprint density at radius 3 is 2.42 bits per heavy atom. The third kappa shape index (κ3) is 1.88. The monoisotopic (exact) mass is 289 g/mol. The number of benzene rings is 2. The first-order chi connectivity index (χ1) is 9.13. The van der Waals surface area contributed by atoms with Crippen molar-refractivity contribution in [2.45, 2.75) is 0 Å². The molecule has 1 aliphatic rings. The maximum atomic E-state index is 12.4. The van der Waals surface area contributed by atoms with Gasteiger partial charge in [-0.15, -0.1) is 0 Å². The van der Waals surface area contributed by atoms with Crippen LogP contribution in [0.5, 0.6) is 5.75 Å². The van der Waals surface area contributed by atoms with Gasteiger partial charge in [0.2, 0.25) is 6.42 Å². The summed E-state index contributed by atoms with van der Waals surface area (Å²) in [6.07, 6.45) is -2.53. The molecule has 3 nitrogen and oxygen atoms in total. The summed E-state index contributed by atoms with van der Waals surface area (Å²) in [4.78, 5) is 12.4. The minimum Gasteiger partial charge on any atom is -0.444 e. The highest BCUT2D eigenvalue weighted by atomic mass is 32.4. The maximum absolute atomic E-state index is 12.4. The lowest BCUT2D eigenvalue weighted by molar-refractivity contribution is 0.0869. The molecule has 0 aliphatic carbocycles. The first kappa shape index (κ1) is 12.4. The second-order valence-electron chi connectivity index (χ2n) is 4.27. The van der Waals surface area contributed by atoms with Gasteiger partial charge in [-0.1, -0.05) is 30.3 Å². The molecule has 3 rings (SSSR count). The molecule has 1 amide bonds. The molecule has 0 saturated heterocycles. The van der Waals surface area contributed by atoms with Crippen molar-refractivity contribution < 1.29 is 9.32 Å². The van der Waals surface area contributed by atoms with Gasteiger partial charge in [0, 0.05) is 12.4 Å². The molecule has 0 fully saturated rings. The Labute approximate surface area is 117 Å². The summed E-state index contributed by atoms with van der Waals surface area (Å²) in [7, 11) is 1.71. The predicted octanol–water partition coefficient (Wildman–Crippen LogP) is 2.79. The van der Waals surface area contributed by atoms with Gasteiger partial charge in [0.25, 0.3) is 5.91 Å². The van der Waals surface area contributed by atoms with E-state index in [0.717, 1.165) is 5.30 Å². The lowest BCUT2D eigenvalue weighted by Gasteiger charge is -2.36. The van der Waals surface area contributed by atoms with Crippen LogP contribution in [0.15, 0.2) is 54.6 Å². The summed E-state index contributed by atoms with van der Waals surface area (Å²) in [5, 5.41) is 0.885. The Bertz CT molecular complexity index is 687. The summed E-state index contributed by atoms with van der Waals surface area (Å²) in [6, 6.07) is 16.8. The number of amides is 1. The molecular weight excluding hydrogens is 277 g/mol. The van der Waals surface area contributed by atoms with Crippen LogP contribution in [-0.4, -0.2) is 17.6 Å². The van der Waals surface area contributed by atoms with Crippen molar-refractivity contribution >= 4 is 29.4 Å². The standard InChI is InChI=1S/C14H12NO2PS/c1-15-14(16)12-9-5-6-10-13(12)17-18(15,19)11-7-3-2-4-8-11/h2-10H,1H3. The molecule has 0 N–H and O–H groups in total. The molecule has 0 saturated carbocycles. The van der Waals surface area contributed by atoms with Crippen molar-refractivity contribution in [2.75, 3.05) is 7.05 Å². The first-order valence-corrected chi connectivity index (χ1v) is 8.53. The van der Waals surface area contributed by atoms with Gasteiger partial charge in [-0.3, -0.25) is 9.46 Å². The molecule has 19 heavy (non-hydrogen) atoms. The fraction of sp³-hybridized carbons (Fsp3) is 0.0714. The van der Waals surface area contributed by atoms with Crippen molar-refractivity contribution in [1.29, 1.82) is 0 Å². The fourth-order valence-corrected chi connectivity index (χ4v) is 4.78. The molecular formula is C14H12NO2PS. The summed E-state index contributed by atoms with van der Waals surface area (Å²) >= 11 is 5.69. The third-order valence-electron chi connectivity index (χ3n) is 3.11. The smallest absolute Gasteiger partial charge is 0.263 e. The van der Waals surface area contributed by atoms with E-state index < -0.39 is 6.42 Å². The van der Waals surface area contributed by atoms with Crippen LogP contribution in [0.4, 0.5) is 0 Å². The van der Waals surface area contributed by atoms with E-state index in [-0.39, 0.29) is 5.91 Å². The normalized spacial score (nSPS) is 21.7. The van der Waals surface area contributed by atoms with Crippen LogP contribution in [0.1, 0.15) is 10.4 Å². The summed E-state index contributed by atoms with van der Waals surface area (Å²) in [5.74, 6) is 0.506. The van der Waals surface area contributed by atoms with E-state index in [1.165, 1.54) is 0 Å². The van der Waals surface area contributed by atoms with Crippen LogP contribution in [0.25, 0.3) is 0 Å². The van der Waals surface area contributed by atoms with E-state index in [4.69, 9.17) is 16.3 Å². The van der Waals surface area contributed by atoms with Crippen molar-refractivity contribution in [3.63, 3.8) is 0 Å². The van der Waals surface area contributed by atoms with E-state index in [1.807, 2.05) is 42.5 Å². The van der Waals surface area contributed by atoms with Gasteiger partial charge in [-0.25, -0.2) is 0 Å². The Balaban J connectivity index is 2.16. The summed E-state index contributed by atoms with van der Waals surface area (Å²) < 4.78 is 7.59. The highest BCUT2D eigenvalue weighted by Gasteiger charge is 2.38. The van der Waals surface area contributed by atoms with E-state index in [2.05, 4.69) is 0 Å². The number of carbonyl (C=O) groups excluding carboxylic acids is 1. The molecule has 1 aliphatic heterocycles. The van der Waals surface area contributed by atoms with Gasteiger partial charge in [0.15, 0.2) is 0 Å². The highest BCUT2D eigenvalue weighted by Crippen LogP contribution is 2.53. The number of fused-ring (bicyclic) bond motifs is 1. The molecule has 0 bridgehead atoms. The van der Waals surface area contributed by atoms with Crippen LogP contribution in [0, 0.1) is 0 Å². The van der Waals surface area contributed by atoms with Crippen molar-refractivity contribution in [1.82, 2.24) is 4.67 Å². The lowest BCUT2D eigenvalue weighted by Crippen LogP contribution is -2.34. The Morgan fingerprint density at radius 2 is 1.68 bits per heavy atom. The maximum Gasteiger partial charge on any atom is 0.263 e. The molecule has 96 valence electrons. The molecule has 0 spiro atoms. The molecule has 5 heteroatoms. The van der Waals surface area contributed by atoms with Gasteiger partial charge in [0.1, 0.15) is 5.75 Å². The zero-order valence-corrected chi connectivity index (χ0v) is 12.0. The van der Waals surface area contributed by atoms with Crippen LogP contribution in [0.3, 0.4) is 0 Å². The zero-order valence-electron chi connectivity index (χ0n) is 10.3. The Kier molecular flexibility index (Phi) is 2.92. The molecule has 0 aromatic heterocycles. The van der Waals surface area contributed by atoms with Gasteiger partial charge >= 0.3 is 0 Å². The van der Waals surface area contributed by atoms with Crippen molar-refractivity contribution in [3.05, 3.63) is 60.2 Å². The van der Waals surface area contributed by atoms with Crippen molar-refractivity contribution in [3.8, 4) is 5.75 Å². The highest BCUT2D eigenvalue weighted by molar-refractivity contribution is 8.15. The number of hydrogen-bond donors (Lipinski definition) is 0. The van der Waals surface area contributed by atoms with E-state index >= 15 is 0 Å². The zero-order chi connectivity index (χ0) is 13.5. The minimum atomic E-state index is -2.53. The molecule has 1 atom stereocenters. The fourth-order valence-electron chi connectivity index (χ4n) is 2.05. The average Bonchev–Trinajstić information content (AvgIpc) is 2.46. The average molecular weight is 289 g/mol. The van der Waals surface area contributed by atoms with Gasteiger partial charge < -0.3 is 4.52 Å². The van der Waals surface area contributed by atoms with Crippen LogP contribution in [-0.2, 0) is 11.8 Å². The van der Waals surface area contributed by atoms with Gasteiger partial charge in [0.05, 0.1) is 5.56 Å². The largest absolute Gasteiger partial charge is 0.444 e. The Hall–Kier alpha value is -1.64. The minimum absolute atomic E-state index is 0.0750. The van der Waals surface area contributed by atoms with Gasteiger partial charge in [-0.05, 0) is 36.1 Å². The van der Waals surface area contributed by atoms with Gasteiger partial charge in [-0.2, -0.15) is 0 Å². The van der Waals surface area contributed by atoms with Crippen LogP contribution < -0.4 is 9.83 Å². The summed E-state index contributed by atoms with van der Waals surface area (Å²) in [6.45, 7) is 0.